The molecule has 0 aromatic heterocycles. The van der Waals surface area contributed by atoms with Gasteiger partial charge in [0.05, 0.1) is 0 Å². The van der Waals surface area contributed by atoms with Crippen molar-refractivity contribution >= 4 is 17.2 Å². The number of nitrogens with two attached hydrogens (primary N) is 1. The fourth-order valence-corrected chi connectivity index (χ4v) is 3.44. The second kappa shape index (κ2) is 7.32. The molecule has 1 saturated carbocycles. The largest absolute Gasteiger partial charge is 0.389 e. The molecule has 2 nitrogen and oxygen atoms in total. The van der Waals surface area contributed by atoms with Crippen molar-refractivity contribution in [1.82, 2.24) is 4.90 Å². The monoisotopic (exact) mass is 308 g/mol. The van der Waals surface area contributed by atoms with Crippen LogP contribution in [-0.4, -0.2) is 23.0 Å². The molecule has 21 heavy (non-hydrogen) atoms. The Morgan fingerprint density at radius 3 is 2.57 bits per heavy atom. The standard InChI is InChI=1S/C17H25FN2S/c1-3-12-7-9-14(10-8-12)20(2)11-13-5-4-6-15(16(13)18)17(19)21/h4-6,12,14H,3,7-11H2,1-2H3,(H2,19,21). The molecule has 1 aromatic rings. The molecule has 2 N–H and O–H groups in total. The van der Waals surface area contributed by atoms with E-state index < -0.39 is 0 Å². The highest BCUT2D eigenvalue weighted by atomic mass is 32.1. The summed E-state index contributed by atoms with van der Waals surface area (Å²) in [6.07, 6.45) is 6.29. The Bertz CT molecular complexity index is 496. The zero-order valence-electron chi connectivity index (χ0n) is 12.9. The van der Waals surface area contributed by atoms with Gasteiger partial charge in [0.15, 0.2) is 0 Å². The molecule has 4 heteroatoms. The van der Waals surface area contributed by atoms with Crippen molar-refractivity contribution in [2.45, 2.75) is 51.6 Å². The van der Waals surface area contributed by atoms with Crippen molar-refractivity contribution in [3.8, 4) is 0 Å². The minimum atomic E-state index is -0.265. The average Bonchev–Trinajstić information content (AvgIpc) is 2.49. The van der Waals surface area contributed by atoms with Crippen LogP contribution >= 0.6 is 12.2 Å². The lowest BCUT2D eigenvalue weighted by Gasteiger charge is -2.34. The van der Waals surface area contributed by atoms with Gasteiger partial charge < -0.3 is 5.73 Å². The van der Waals surface area contributed by atoms with Crippen molar-refractivity contribution in [2.75, 3.05) is 7.05 Å². The van der Waals surface area contributed by atoms with Gasteiger partial charge in [-0.1, -0.05) is 37.7 Å². The van der Waals surface area contributed by atoms with Gasteiger partial charge in [-0.25, -0.2) is 4.39 Å². The zero-order chi connectivity index (χ0) is 15.4. The summed E-state index contributed by atoms with van der Waals surface area (Å²) in [5.41, 5.74) is 6.60. The minimum absolute atomic E-state index is 0.125. The van der Waals surface area contributed by atoms with Crippen LogP contribution in [0.3, 0.4) is 0 Å². The number of nitrogens with zero attached hydrogens (tertiary/aromatic N) is 1. The van der Waals surface area contributed by atoms with Crippen molar-refractivity contribution < 1.29 is 4.39 Å². The van der Waals surface area contributed by atoms with Crippen molar-refractivity contribution in [1.29, 1.82) is 0 Å². The Morgan fingerprint density at radius 2 is 2.00 bits per heavy atom. The molecule has 116 valence electrons. The second-order valence-electron chi connectivity index (χ2n) is 6.14. The fraction of sp³-hybridized carbons (Fsp3) is 0.588. The Kier molecular flexibility index (Phi) is 5.71. The van der Waals surface area contributed by atoms with E-state index in [2.05, 4.69) is 18.9 Å². The van der Waals surface area contributed by atoms with Crippen molar-refractivity contribution in [2.24, 2.45) is 11.7 Å². The third-order valence-corrected chi connectivity index (χ3v) is 5.00. The molecule has 0 heterocycles. The molecule has 1 aromatic carbocycles. The van der Waals surface area contributed by atoms with Crippen molar-refractivity contribution in [3.63, 3.8) is 0 Å². The predicted octanol–water partition coefficient (Wildman–Crippen LogP) is 3.86. The van der Waals surface area contributed by atoms with Gasteiger partial charge in [0.2, 0.25) is 0 Å². The minimum Gasteiger partial charge on any atom is -0.389 e. The predicted molar refractivity (Wildman–Crippen MR) is 89.8 cm³/mol. The maximum absolute atomic E-state index is 14.4. The molecule has 2 rings (SSSR count). The summed E-state index contributed by atoms with van der Waals surface area (Å²) in [5.74, 6) is 0.614. The first-order valence-corrected chi connectivity index (χ1v) is 8.21. The maximum Gasteiger partial charge on any atom is 0.137 e. The summed E-state index contributed by atoms with van der Waals surface area (Å²) in [6.45, 7) is 2.88. The topological polar surface area (TPSA) is 29.3 Å². The zero-order valence-corrected chi connectivity index (χ0v) is 13.8. The third-order valence-electron chi connectivity index (χ3n) is 4.78. The summed E-state index contributed by atoms with van der Waals surface area (Å²) in [5, 5.41) is 0. The van der Waals surface area contributed by atoms with Gasteiger partial charge in [-0.15, -0.1) is 0 Å². The van der Waals surface area contributed by atoms with Gasteiger partial charge in [-0.3, -0.25) is 4.90 Å². The van der Waals surface area contributed by atoms with Crippen LogP contribution in [0, 0.1) is 11.7 Å². The number of rotatable bonds is 5. The van der Waals surface area contributed by atoms with Crippen LogP contribution in [0.15, 0.2) is 18.2 Å². The Hall–Kier alpha value is -1.00. The molecule has 1 aliphatic rings. The highest BCUT2D eigenvalue weighted by Crippen LogP contribution is 2.29. The number of thiocarbonyl (C=S) groups is 1. The van der Waals surface area contributed by atoms with Gasteiger partial charge in [0.1, 0.15) is 10.8 Å². The van der Waals surface area contributed by atoms with Crippen LogP contribution in [-0.2, 0) is 6.54 Å². The van der Waals surface area contributed by atoms with E-state index in [1.54, 1.807) is 6.07 Å². The highest BCUT2D eigenvalue weighted by Gasteiger charge is 2.23. The molecule has 0 amide bonds. The van der Waals surface area contributed by atoms with Crippen LogP contribution in [0.5, 0.6) is 0 Å². The summed E-state index contributed by atoms with van der Waals surface area (Å²) in [4.78, 5) is 2.40. The van der Waals surface area contributed by atoms with Gasteiger partial charge in [0, 0.05) is 23.7 Å². The number of hydrogen-bond donors (Lipinski definition) is 1. The Balaban J connectivity index is 2.02. The molecule has 0 bridgehead atoms. The van der Waals surface area contributed by atoms with Gasteiger partial charge >= 0.3 is 0 Å². The first-order valence-electron chi connectivity index (χ1n) is 7.80. The lowest BCUT2D eigenvalue weighted by molar-refractivity contribution is 0.156. The van der Waals surface area contributed by atoms with Crippen LogP contribution in [0.25, 0.3) is 0 Å². The van der Waals surface area contributed by atoms with E-state index in [0.717, 1.165) is 5.92 Å². The molecule has 1 aliphatic carbocycles. The summed E-state index contributed by atoms with van der Waals surface area (Å²) >= 11 is 4.90. The van der Waals surface area contributed by atoms with E-state index in [1.807, 2.05) is 12.1 Å². The molecular weight excluding hydrogens is 283 g/mol. The summed E-state index contributed by atoms with van der Waals surface area (Å²) in [7, 11) is 2.09. The lowest BCUT2D eigenvalue weighted by Crippen LogP contribution is -2.35. The molecule has 0 saturated heterocycles. The molecule has 0 aliphatic heterocycles. The van der Waals surface area contributed by atoms with E-state index in [0.29, 0.717) is 23.7 Å². The molecule has 0 atom stereocenters. The van der Waals surface area contributed by atoms with Crippen molar-refractivity contribution in [3.05, 3.63) is 35.1 Å². The van der Waals surface area contributed by atoms with E-state index in [9.17, 15) is 4.39 Å². The SMILES string of the molecule is CCC1CCC(N(C)Cc2cccc(C(N)=S)c2F)CC1. The Labute approximate surface area is 132 Å². The van der Waals surface area contributed by atoms with E-state index >= 15 is 0 Å². The van der Waals surface area contributed by atoms with Gasteiger partial charge in [-0.2, -0.15) is 0 Å². The number of halogens is 1. The number of benzene rings is 1. The molecule has 0 unspecified atom stereocenters. The molecular formula is C17H25FN2S. The van der Waals surface area contributed by atoms with E-state index in [4.69, 9.17) is 18.0 Å². The van der Waals surface area contributed by atoms with Crippen LogP contribution in [0.1, 0.15) is 50.2 Å². The quantitative estimate of drug-likeness (QED) is 0.838. The van der Waals surface area contributed by atoms with Gasteiger partial charge in [-0.05, 0) is 44.7 Å². The van der Waals surface area contributed by atoms with Crippen LogP contribution < -0.4 is 5.73 Å². The highest BCUT2D eigenvalue weighted by molar-refractivity contribution is 7.80. The first kappa shape index (κ1) is 16.4. The normalized spacial score (nSPS) is 22.5. The average molecular weight is 308 g/mol. The van der Waals surface area contributed by atoms with E-state index in [-0.39, 0.29) is 10.8 Å². The van der Waals surface area contributed by atoms with E-state index in [1.165, 1.54) is 32.1 Å². The second-order valence-corrected chi connectivity index (χ2v) is 6.58. The Morgan fingerprint density at radius 1 is 1.33 bits per heavy atom. The third kappa shape index (κ3) is 4.01. The molecule has 0 spiro atoms. The molecule has 0 radical (unpaired) electrons. The fourth-order valence-electron chi connectivity index (χ4n) is 3.28. The molecule has 1 fully saturated rings. The van der Waals surface area contributed by atoms with Crippen LogP contribution in [0.4, 0.5) is 4.39 Å². The maximum atomic E-state index is 14.4. The summed E-state index contributed by atoms with van der Waals surface area (Å²) in [6, 6.07) is 5.86. The lowest BCUT2D eigenvalue weighted by atomic mass is 9.84. The van der Waals surface area contributed by atoms with Gasteiger partial charge in [0.25, 0.3) is 0 Å². The summed E-state index contributed by atoms with van der Waals surface area (Å²) < 4.78 is 14.4. The smallest absolute Gasteiger partial charge is 0.137 e. The number of hydrogen-bond acceptors (Lipinski definition) is 2. The van der Waals surface area contributed by atoms with Crippen LogP contribution in [0.2, 0.25) is 0 Å². The first-order chi connectivity index (χ1) is 10.0.